The average Bonchev–Trinajstić information content (AvgIpc) is 2.80. The summed E-state index contributed by atoms with van der Waals surface area (Å²) in [6.45, 7) is 4.31. The van der Waals surface area contributed by atoms with E-state index in [1.165, 1.54) is 4.31 Å². The smallest absolute Gasteiger partial charge is 0.319 e. The van der Waals surface area contributed by atoms with Crippen LogP contribution in [0.3, 0.4) is 0 Å². The molecular formula is C14H20ClN3O3S. The zero-order chi connectivity index (χ0) is 16.3. The molecule has 22 heavy (non-hydrogen) atoms. The predicted octanol–water partition coefficient (Wildman–Crippen LogP) is 2.80. The fraction of sp³-hybridized carbons (Fsp3) is 0.500. The molecular weight excluding hydrogens is 326 g/mol. The molecule has 6 nitrogen and oxygen atoms in total. The molecule has 0 radical (unpaired) electrons. The summed E-state index contributed by atoms with van der Waals surface area (Å²) in [5.41, 5.74) is 0.905. The SMILES string of the molecule is CCC(C)NC(=O)Nc1cc(N2CCCS2(=O)=O)ccc1Cl. The lowest BCUT2D eigenvalue weighted by Crippen LogP contribution is -2.35. The molecule has 8 heteroatoms. The maximum absolute atomic E-state index is 12.0. The van der Waals surface area contributed by atoms with Crippen molar-refractivity contribution in [2.24, 2.45) is 0 Å². The Morgan fingerprint density at radius 2 is 2.18 bits per heavy atom. The molecule has 0 spiro atoms. The number of hydrogen-bond donors (Lipinski definition) is 2. The van der Waals surface area contributed by atoms with Crippen molar-refractivity contribution in [3.05, 3.63) is 23.2 Å². The van der Waals surface area contributed by atoms with Gasteiger partial charge >= 0.3 is 6.03 Å². The quantitative estimate of drug-likeness (QED) is 0.880. The maximum Gasteiger partial charge on any atom is 0.319 e. The molecule has 1 aromatic carbocycles. The molecule has 1 aliphatic rings. The first kappa shape index (κ1) is 16.9. The van der Waals surface area contributed by atoms with Crippen LogP contribution < -0.4 is 14.9 Å². The van der Waals surface area contributed by atoms with Crippen molar-refractivity contribution in [1.29, 1.82) is 0 Å². The van der Waals surface area contributed by atoms with E-state index in [4.69, 9.17) is 11.6 Å². The second-order valence-corrected chi connectivity index (χ2v) is 7.73. The van der Waals surface area contributed by atoms with Crippen LogP contribution in [-0.4, -0.2) is 32.8 Å². The Kier molecular flexibility index (Phi) is 5.18. The van der Waals surface area contributed by atoms with Crippen LogP contribution in [0, 0.1) is 0 Å². The van der Waals surface area contributed by atoms with Gasteiger partial charge in [-0.15, -0.1) is 0 Å². The van der Waals surface area contributed by atoms with E-state index in [1.807, 2.05) is 13.8 Å². The van der Waals surface area contributed by atoms with Gasteiger partial charge in [0.15, 0.2) is 0 Å². The molecule has 1 aromatic rings. The Morgan fingerprint density at radius 3 is 2.77 bits per heavy atom. The van der Waals surface area contributed by atoms with Gasteiger partial charge < -0.3 is 10.6 Å². The predicted molar refractivity (Wildman–Crippen MR) is 89.1 cm³/mol. The number of urea groups is 1. The van der Waals surface area contributed by atoms with E-state index in [1.54, 1.807) is 18.2 Å². The van der Waals surface area contributed by atoms with E-state index in [-0.39, 0.29) is 17.8 Å². The van der Waals surface area contributed by atoms with Gasteiger partial charge in [0.05, 0.1) is 22.2 Å². The van der Waals surface area contributed by atoms with Gasteiger partial charge in [0, 0.05) is 12.6 Å². The van der Waals surface area contributed by atoms with Crippen molar-refractivity contribution in [1.82, 2.24) is 5.32 Å². The summed E-state index contributed by atoms with van der Waals surface area (Å²) in [5, 5.41) is 5.79. The molecule has 0 aliphatic carbocycles. The fourth-order valence-electron chi connectivity index (χ4n) is 2.18. The summed E-state index contributed by atoms with van der Waals surface area (Å²) in [7, 11) is -3.26. The third-order valence-electron chi connectivity index (χ3n) is 3.58. The van der Waals surface area contributed by atoms with Crippen LogP contribution in [0.2, 0.25) is 5.02 Å². The number of carbonyl (C=O) groups excluding carboxylic acids is 1. The molecule has 1 unspecified atom stereocenters. The first-order valence-corrected chi connectivity index (χ1v) is 9.19. The van der Waals surface area contributed by atoms with Crippen molar-refractivity contribution in [2.75, 3.05) is 21.9 Å². The highest BCUT2D eigenvalue weighted by Crippen LogP contribution is 2.31. The molecule has 1 atom stereocenters. The lowest BCUT2D eigenvalue weighted by molar-refractivity contribution is 0.249. The van der Waals surface area contributed by atoms with Crippen molar-refractivity contribution >= 4 is 39.0 Å². The standard InChI is InChI=1S/C14H20ClN3O3S/c1-3-10(2)16-14(19)17-13-9-11(5-6-12(13)15)18-7-4-8-22(18,20)21/h5-6,9-10H,3-4,7-8H2,1-2H3,(H2,16,17,19). The van der Waals surface area contributed by atoms with Gasteiger partial charge in [-0.1, -0.05) is 18.5 Å². The number of anilines is 2. The summed E-state index contributed by atoms with van der Waals surface area (Å²) < 4.78 is 25.3. The van der Waals surface area contributed by atoms with Crippen LogP contribution in [0.1, 0.15) is 26.7 Å². The summed E-state index contributed by atoms with van der Waals surface area (Å²) in [5.74, 6) is 0.146. The third-order valence-corrected chi connectivity index (χ3v) is 5.77. The van der Waals surface area contributed by atoms with E-state index in [2.05, 4.69) is 10.6 Å². The largest absolute Gasteiger partial charge is 0.335 e. The average molecular weight is 346 g/mol. The minimum Gasteiger partial charge on any atom is -0.335 e. The van der Waals surface area contributed by atoms with Crippen molar-refractivity contribution in [3.63, 3.8) is 0 Å². The molecule has 0 bridgehead atoms. The first-order chi connectivity index (χ1) is 10.3. The number of halogens is 1. The Balaban J connectivity index is 2.19. The van der Waals surface area contributed by atoms with E-state index in [0.717, 1.165) is 6.42 Å². The zero-order valence-corrected chi connectivity index (χ0v) is 14.2. The Morgan fingerprint density at radius 1 is 1.45 bits per heavy atom. The third kappa shape index (κ3) is 3.84. The molecule has 1 saturated heterocycles. The van der Waals surface area contributed by atoms with Gasteiger partial charge in [-0.25, -0.2) is 13.2 Å². The normalized spacial score (nSPS) is 18.0. The Bertz CT molecular complexity index is 663. The monoisotopic (exact) mass is 345 g/mol. The molecule has 2 amide bonds. The van der Waals surface area contributed by atoms with Crippen LogP contribution in [0.25, 0.3) is 0 Å². The van der Waals surface area contributed by atoms with Gasteiger partial charge in [0.25, 0.3) is 0 Å². The van der Waals surface area contributed by atoms with Crippen LogP contribution in [-0.2, 0) is 10.0 Å². The topological polar surface area (TPSA) is 78.5 Å². The van der Waals surface area contributed by atoms with Crippen molar-refractivity contribution in [2.45, 2.75) is 32.7 Å². The molecule has 2 rings (SSSR count). The summed E-state index contributed by atoms with van der Waals surface area (Å²) in [6.07, 6.45) is 1.41. The van der Waals surface area contributed by atoms with Gasteiger partial charge in [0.2, 0.25) is 10.0 Å². The number of carbonyl (C=O) groups is 1. The number of amides is 2. The molecule has 122 valence electrons. The minimum absolute atomic E-state index is 0.0425. The summed E-state index contributed by atoms with van der Waals surface area (Å²) in [4.78, 5) is 11.9. The van der Waals surface area contributed by atoms with Gasteiger partial charge in [-0.05, 0) is 38.0 Å². The number of hydrogen-bond acceptors (Lipinski definition) is 3. The van der Waals surface area contributed by atoms with E-state index < -0.39 is 10.0 Å². The van der Waals surface area contributed by atoms with Crippen LogP contribution in [0.4, 0.5) is 16.2 Å². The maximum atomic E-state index is 12.0. The van der Waals surface area contributed by atoms with Crippen molar-refractivity contribution < 1.29 is 13.2 Å². The van der Waals surface area contributed by atoms with Gasteiger partial charge in [0.1, 0.15) is 0 Å². The Labute approximate surface area is 135 Å². The number of benzene rings is 1. The minimum atomic E-state index is -3.26. The Hall–Kier alpha value is -1.47. The van der Waals surface area contributed by atoms with Gasteiger partial charge in [-0.2, -0.15) is 0 Å². The molecule has 1 fully saturated rings. The highest BCUT2D eigenvalue weighted by atomic mass is 35.5. The molecule has 0 saturated carbocycles. The van der Waals surface area contributed by atoms with Crippen LogP contribution >= 0.6 is 11.6 Å². The number of rotatable bonds is 4. The number of nitrogens with one attached hydrogen (secondary N) is 2. The highest BCUT2D eigenvalue weighted by Gasteiger charge is 2.28. The van der Waals surface area contributed by atoms with Crippen LogP contribution in [0.5, 0.6) is 0 Å². The first-order valence-electron chi connectivity index (χ1n) is 7.21. The highest BCUT2D eigenvalue weighted by molar-refractivity contribution is 7.93. The lowest BCUT2D eigenvalue weighted by atomic mass is 10.2. The lowest BCUT2D eigenvalue weighted by Gasteiger charge is -2.19. The van der Waals surface area contributed by atoms with E-state index in [9.17, 15) is 13.2 Å². The van der Waals surface area contributed by atoms with Gasteiger partial charge in [-0.3, -0.25) is 4.31 Å². The van der Waals surface area contributed by atoms with Crippen LogP contribution in [0.15, 0.2) is 18.2 Å². The zero-order valence-electron chi connectivity index (χ0n) is 12.6. The second-order valence-electron chi connectivity index (χ2n) is 5.31. The summed E-state index contributed by atoms with van der Waals surface area (Å²) >= 11 is 6.08. The number of nitrogens with zero attached hydrogens (tertiary/aromatic N) is 1. The summed E-state index contributed by atoms with van der Waals surface area (Å²) in [6, 6.07) is 4.49. The van der Waals surface area contributed by atoms with E-state index in [0.29, 0.717) is 29.4 Å². The molecule has 1 aliphatic heterocycles. The molecule has 1 heterocycles. The fourth-order valence-corrected chi connectivity index (χ4v) is 3.90. The number of sulfonamides is 1. The molecule has 0 aromatic heterocycles. The van der Waals surface area contributed by atoms with E-state index >= 15 is 0 Å². The molecule has 2 N–H and O–H groups in total. The van der Waals surface area contributed by atoms with Crippen molar-refractivity contribution in [3.8, 4) is 0 Å². The second kappa shape index (κ2) is 6.75.